The fraction of sp³-hybridized carbons (Fsp3) is 0.500. The average molecular weight is 234 g/mol. The summed E-state index contributed by atoms with van der Waals surface area (Å²) >= 11 is 0. The molecule has 0 heterocycles. The van der Waals surface area contributed by atoms with Crippen LogP contribution in [0.25, 0.3) is 0 Å². The molecule has 1 amide bonds. The number of hydrogen-bond donors (Lipinski definition) is 1. The maximum absolute atomic E-state index is 12.2. The summed E-state index contributed by atoms with van der Waals surface area (Å²) in [5.41, 5.74) is 8.17. The molecule has 0 aliphatic heterocycles. The number of aryl methyl sites for hydroxylation is 1. The Bertz CT molecular complexity index is 401. The summed E-state index contributed by atoms with van der Waals surface area (Å²) in [6.07, 6.45) is 2.10. The Morgan fingerprint density at radius 1 is 1.47 bits per heavy atom. The molecular weight excluding hydrogens is 212 g/mol. The molecule has 0 spiro atoms. The maximum atomic E-state index is 12.2. The number of carbonyl (C=O) groups excluding carboxylic acids is 1. The highest BCUT2D eigenvalue weighted by atomic mass is 16.2. The zero-order valence-corrected chi connectivity index (χ0v) is 11.2. The lowest BCUT2D eigenvalue weighted by atomic mass is 10.1. The van der Waals surface area contributed by atoms with Crippen molar-refractivity contribution in [3.05, 3.63) is 29.3 Å². The van der Waals surface area contributed by atoms with Crippen LogP contribution in [-0.4, -0.2) is 23.9 Å². The Labute approximate surface area is 104 Å². The van der Waals surface area contributed by atoms with Gasteiger partial charge < -0.3 is 10.6 Å². The van der Waals surface area contributed by atoms with Crippen LogP contribution in [0.3, 0.4) is 0 Å². The highest BCUT2D eigenvalue weighted by molar-refractivity contribution is 5.95. The van der Waals surface area contributed by atoms with Gasteiger partial charge in [-0.3, -0.25) is 4.79 Å². The number of anilines is 1. The predicted octanol–water partition coefficient (Wildman–Crippen LogP) is 2.84. The zero-order valence-electron chi connectivity index (χ0n) is 11.2. The quantitative estimate of drug-likeness (QED) is 0.814. The molecule has 0 fully saturated rings. The molecule has 1 aromatic carbocycles. The van der Waals surface area contributed by atoms with Crippen LogP contribution in [0.5, 0.6) is 0 Å². The summed E-state index contributed by atoms with van der Waals surface area (Å²) in [6.45, 7) is 6.13. The molecule has 0 saturated heterocycles. The van der Waals surface area contributed by atoms with E-state index in [2.05, 4.69) is 13.8 Å². The monoisotopic (exact) mass is 234 g/mol. The van der Waals surface area contributed by atoms with Gasteiger partial charge in [0.05, 0.1) is 0 Å². The maximum Gasteiger partial charge on any atom is 0.253 e. The van der Waals surface area contributed by atoms with Crippen molar-refractivity contribution in [3.63, 3.8) is 0 Å². The Morgan fingerprint density at radius 3 is 2.65 bits per heavy atom. The summed E-state index contributed by atoms with van der Waals surface area (Å²) in [7, 11) is 1.85. The average Bonchev–Trinajstić information content (AvgIpc) is 2.31. The lowest BCUT2D eigenvalue weighted by Gasteiger charge is -2.24. The van der Waals surface area contributed by atoms with E-state index in [4.69, 9.17) is 5.73 Å². The number of nitrogen functional groups attached to an aromatic ring is 1. The van der Waals surface area contributed by atoms with Crippen molar-refractivity contribution in [2.45, 2.75) is 39.7 Å². The highest BCUT2D eigenvalue weighted by Gasteiger charge is 2.17. The van der Waals surface area contributed by atoms with E-state index in [-0.39, 0.29) is 11.9 Å². The van der Waals surface area contributed by atoms with Gasteiger partial charge in [0, 0.05) is 24.3 Å². The van der Waals surface area contributed by atoms with E-state index < -0.39 is 0 Å². The van der Waals surface area contributed by atoms with Crippen molar-refractivity contribution in [2.24, 2.45) is 0 Å². The van der Waals surface area contributed by atoms with Crippen LogP contribution in [0.4, 0.5) is 5.69 Å². The van der Waals surface area contributed by atoms with Gasteiger partial charge in [-0.25, -0.2) is 0 Å². The third-order valence-corrected chi connectivity index (χ3v) is 3.21. The molecule has 0 radical (unpaired) electrons. The van der Waals surface area contributed by atoms with Gasteiger partial charge in [0.2, 0.25) is 0 Å². The van der Waals surface area contributed by atoms with Gasteiger partial charge in [0.15, 0.2) is 0 Å². The van der Waals surface area contributed by atoms with Crippen molar-refractivity contribution in [1.82, 2.24) is 4.90 Å². The Morgan fingerprint density at radius 2 is 2.12 bits per heavy atom. The largest absolute Gasteiger partial charge is 0.398 e. The van der Waals surface area contributed by atoms with Gasteiger partial charge in [-0.1, -0.05) is 19.4 Å². The van der Waals surface area contributed by atoms with Gasteiger partial charge in [0.25, 0.3) is 5.91 Å². The molecule has 0 saturated carbocycles. The molecule has 94 valence electrons. The minimum absolute atomic E-state index is 0.0395. The van der Waals surface area contributed by atoms with Crippen LogP contribution in [-0.2, 0) is 0 Å². The second-order valence-corrected chi connectivity index (χ2v) is 4.63. The van der Waals surface area contributed by atoms with E-state index in [1.807, 2.05) is 26.1 Å². The molecule has 2 N–H and O–H groups in total. The van der Waals surface area contributed by atoms with Crippen LogP contribution < -0.4 is 5.73 Å². The second-order valence-electron chi connectivity index (χ2n) is 4.63. The van der Waals surface area contributed by atoms with Crippen molar-refractivity contribution in [1.29, 1.82) is 0 Å². The first-order valence-corrected chi connectivity index (χ1v) is 6.10. The minimum Gasteiger partial charge on any atom is -0.398 e. The normalized spacial score (nSPS) is 12.2. The number of amides is 1. The number of nitrogens with zero attached hydrogens (tertiary/aromatic N) is 1. The zero-order chi connectivity index (χ0) is 13.0. The van der Waals surface area contributed by atoms with Gasteiger partial charge >= 0.3 is 0 Å². The molecular formula is C14H22N2O. The van der Waals surface area contributed by atoms with E-state index in [0.717, 1.165) is 18.4 Å². The van der Waals surface area contributed by atoms with E-state index in [1.54, 1.807) is 11.0 Å². The molecule has 1 aromatic rings. The third kappa shape index (κ3) is 3.22. The molecule has 1 unspecified atom stereocenters. The van der Waals surface area contributed by atoms with Crippen molar-refractivity contribution < 1.29 is 4.79 Å². The van der Waals surface area contributed by atoms with Crippen LogP contribution in [0, 0.1) is 6.92 Å². The number of carbonyl (C=O) groups is 1. The van der Waals surface area contributed by atoms with Gasteiger partial charge in [-0.15, -0.1) is 0 Å². The van der Waals surface area contributed by atoms with Gasteiger partial charge in [0.1, 0.15) is 0 Å². The standard InChI is InChI=1S/C14H22N2O/c1-5-6-11(3)16(4)14(17)12-8-7-10(2)13(15)9-12/h7-9,11H,5-6,15H2,1-4H3. The molecule has 0 aromatic heterocycles. The number of hydrogen-bond acceptors (Lipinski definition) is 2. The Hall–Kier alpha value is -1.51. The Balaban J connectivity index is 2.85. The predicted molar refractivity (Wildman–Crippen MR) is 72.1 cm³/mol. The summed E-state index contributed by atoms with van der Waals surface area (Å²) in [5.74, 6) is 0.0395. The van der Waals surface area contributed by atoms with Crippen molar-refractivity contribution >= 4 is 11.6 Å². The second kappa shape index (κ2) is 5.71. The SMILES string of the molecule is CCCC(C)N(C)C(=O)c1ccc(C)c(N)c1. The van der Waals surface area contributed by atoms with Crippen LogP contribution in [0.1, 0.15) is 42.6 Å². The summed E-state index contributed by atoms with van der Waals surface area (Å²) in [5, 5.41) is 0. The number of rotatable bonds is 4. The van der Waals surface area contributed by atoms with Crippen molar-refractivity contribution in [3.8, 4) is 0 Å². The van der Waals surface area contributed by atoms with Crippen LogP contribution >= 0.6 is 0 Å². The van der Waals surface area contributed by atoms with E-state index in [1.165, 1.54) is 0 Å². The third-order valence-electron chi connectivity index (χ3n) is 3.21. The van der Waals surface area contributed by atoms with E-state index >= 15 is 0 Å². The highest BCUT2D eigenvalue weighted by Crippen LogP contribution is 2.16. The number of nitrogens with two attached hydrogens (primary N) is 1. The minimum atomic E-state index is 0.0395. The molecule has 1 rings (SSSR count). The fourth-order valence-corrected chi connectivity index (χ4v) is 1.79. The molecule has 0 bridgehead atoms. The first-order valence-electron chi connectivity index (χ1n) is 6.10. The molecule has 3 heteroatoms. The first-order chi connectivity index (χ1) is 7.97. The summed E-state index contributed by atoms with van der Waals surface area (Å²) in [4.78, 5) is 14.0. The lowest BCUT2D eigenvalue weighted by molar-refractivity contribution is 0.0737. The molecule has 17 heavy (non-hydrogen) atoms. The molecule has 0 aliphatic carbocycles. The molecule has 1 atom stereocenters. The van der Waals surface area contributed by atoms with Crippen LogP contribution in [0.2, 0.25) is 0 Å². The van der Waals surface area contributed by atoms with E-state index in [0.29, 0.717) is 11.3 Å². The first kappa shape index (κ1) is 13.6. The van der Waals surface area contributed by atoms with E-state index in [9.17, 15) is 4.79 Å². The summed E-state index contributed by atoms with van der Waals surface area (Å²) < 4.78 is 0. The van der Waals surface area contributed by atoms with Gasteiger partial charge in [-0.05, 0) is 38.0 Å². The summed E-state index contributed by atoms with van der Waals surface area (Å²) in [6, 6.07) is 5.74. The van der Waals surface area contributed by atoms with Crippen molar-refractivity contribution in [2.75, 3.05) is 12.8 Å². The molecule has 0 aliphatic rings. The topological polar surface area (TPSA) is 46.3 Å². The van der Waals surface area contributed by atoms with Crippen LogP contribution in [0.15, 0.2) is 18.2 Å². The number of benzene rings is 1. The van der Waals surface area contributed by atoms with Gasteiger partial charge in [-0.2, -0.15) is 0 Å². The fourth-order valence-electron chi connectivity index (χ4n) is 1.79. The molecule has 3 nitrogen and oxygen atoms in total. The smallest absolute Gasteiger partial charge is 0.253 e. The Kier molecular flexibility index (Phi) is 4.55. The lowest BCUT2D eigenvalue weighted by Crippen LogP contribution is -2.35.